The zero-order valence-electron chi connectivity index (χ0n) is 21.4. The topological polar surface area (TPSA) is 120 Å². The lowest BCUT2D eigenvalue weighted by molar-refractivity contribution is -0.384. The van der Waals surface area contributed by atoms with Crippen molar-refractivity contribution in [1.29, 1.82) is 0 Å². The Balaban J connectivity index is 1.49. The molecule has 198 valence electrons. The van der Waals surface area contributed by atoms with Gasteiger partial charge in [0.15, 0.2) is 6.61 Å². The summed E-state index contributed by atoms with van der Waals surface area (Å²) in [4.78, 5) is 36.7. The Hall–Kier alpha value is -5.18. The van der Waals surface area contributed by atoms with Crippen molar-refractivity contribution in [2.24, 2.45) is 0 Å². The molecule has 0 fully saturated rings. The highest BCUT2D eigenvalue weighted by Gasteiger charge is 2.20. The highest BCUT2D eigenvalue weighted by atomic mass is 16.6. The van der Waals surface area contributed by atoms with Crippen LogP contribution in [0.15, 0.2) is 97.1 Å². The fourth-order valence-electron chi connectivity index (χ4n) is 3.99. The van der Waals surface area contributed by atoms with Crippen LogP contribution in [0, 0.1) is 17.0 Å². The molecule has 4 aromatic rings. The molecule has 4 aromatic carbocycles. The van der Waals surface area contributed by atoms with Crippen LogP contribution in [0.2, 0.25) is 0 Å². The molecular weight excluding hydrogens is 498 g/mol. The van der Waals surface area contributed by atoms with E-state index in [-0.39, 0.29) is 47.0 Å². The molecule has 1 atom stereocenters. The van der Waals surface area contributed by atoms with Gasteiger partial charge in [-0.1, -0.05) is 72.3 Å². The first kappa shape index (κ1) is 26.9. The van der Waals surface area contributed by atoms with Crippen LogP contribution in [0.5, 0.6) is 11.5 Å². The number of nitrogens with zero attached hydrogens (tertiary/aromatic N) is 1. The number of amides is 2. The van der Waals surface area contributed by atoms with E-state index < -0.39 is 10.8 Å². The summed E-state index contributed by atoms with van der Waals surface area (Å²) in [7, 11) is 1.39. The monoisotopic (exact) mass is 525 g/mol. The molecule has 0 aliphatic carbocycles. The van der Waals surface area contributed by atoms with Gasteiger partial charge in [-0.05, 0) is 36.2 Å². The molecule has 9 heteroatoms. The third kappa shape index (κ3) is 6.78. The third-order valence-corrected chi connectivity index (χ3v) is 5.98. The maximum atomic E-state index is 13.1. The molecule has 0 bridgehead atoms. The lowest BCUT2D eigenvalue weighted by Crippen LogP contribution is -2.33. The van der Waals surface area contributed by atoms with Crippen LogP contribution in [0.4, 0.5) is 11.4 Å². The number of nitrogens with one attached hydrogen (secondary N) is 2. The van der Waals surface area contributed by atoms with E-state index in [1.54, 1.807) is 18.2 Å². The molecule has 0 saturated carbocycles. The van der Waals surface area contributed by atoms with Gasteiger partial charge in [-0.25, -0.2) is 0 Å². The first-order valence-electron chi connectivity index (χ1n) is 12.1. The minimum atomic E-state index is -0.577. The van der Waals surface area contributed by atoms with Gasteiger partial charge in [-0.3, -0.25) is 19.7 Å². The van der Waals surface area contributed by atoms with Gasteiger partial charge in [-0.15, -0.1) is 0 Å². The number of nitro groups is 1. The van der Waals surface area contributed by atoms with Gasteiger partial charge in [0, 0.05) is 12.1 Å². The number of carbonyl (C=O) groups is 2. The smallest absolute Gasteiger partial charge is 0.271 e. The van der Waals surface area contributed by atoms with Crippen molar-refractivity contribution < 1.29 is 24.0 Å². The predicted molar refractivity (Wildman–Crippen MR) is 147 cm³/mol. The third-order valence-electron chi connectivity index (χ3n) is 5.98. The Morgan fingerprint density at radius 1 is 0.872 bits per heavy atom. The van der Waals surface area contributed by atoms with E-state index in [1.807, 2.05) is 61.5 Å². The summed E-state index contributed by atoms with van der Waals surface area (Å²) in [6.07, 6.45) is 0. The standard InChI is InChI=1S/C30H27N3O6/c1-20-12-14-22(15-13-20)29(21-8-4-3-5-9-21)32-28(34)19-39-26-11-7-6-10-24(26)30(35)31-25-18-23(33(36)37)16-17-27(25)38-2/h3-18,29H,19H2,1-2H3,(H,31,35)(H,32,34). The van der Waals surface area contributed by atoms with Crippen LogP contribution in [0.25, 0.3) is 0 Å². The maximum Gasteiger partial charge on any atom is 0.271 e. The van der Waals surface area contributed by atoms with Crippen molar-refractivity contribution in [3.8, 4) is 11.5 Å². The van der Waals surface area contributed by atoms with Crippen LogP contribution < -0.4 is 20.1 Å². The molecule has 0 saturated heterocycles. The summed E-state index contributed by atoms with van der Waals surface area (Å²) in [5.41, 5.74) is 3.03. The highest BCUT2D eigenvalue weighted by molar-refractivity contribution is 6.07. The SMILES string of the molecule is COc1ccc([N+](=O)[O-])cc1NC(=O)c1ccccc1OCC(=O)NC(c1ccccc1)c1ccc(C)cc1. The van der Waals surface area contributed by atoms with Crippen molar-refractivity contribution in [2.45, 2.75) is 13.0 Å². The molecular formula is C30H27N3O6. The molecule has 9 nitrogen and oxygen atoms in total. The summed E-state index contributed by atoms with van der Waals surface area (Å²) in [6.45, 7) is 1.66. The number of benzene rings is 4. The first-order chi connectivity index (χ1) is 18.9. The van der Waals surface area contributed by atoms with E-state index in [0.29, 0.717) is 0 Å². The second kappa shape index (κ2) is 12.4. The number of non-ortho nitro benzene ring substituents is 1. The van der Waals surface area contributed by atoms with Crippen molar-refractivity contribution in [3.05, 3.63) is 129 Å². The van der Waals surface area contributed by atoms with E-state index in [9.17, 15) is 19.7 Å². The van der Waals surface area contributed by atoms with Crippen molar-refractivity contribution >= 4 is 23.2 Å². The predicted octanol–water partition coefficient (Wildman–Crippen LogP) is 5.45. The van der Waals surface area contributed by atoms with E-state index >= 15 is 0 Å². The van der Waals surface area contributed by atoms with E-state index in [1.165, 1.54) is 31.4 Å². The molecule has 2 N–H and O–H groups in total. The quantitative estimate of drug-likeness (QED) is 0.210. The molecule has 1 unspecified atom stereocenters. The number of methoxy groups -OCH3 is 1. The van der Waals surface area contributed by atoms with Gasteiger partial charge in [-0.2, -0.15) is 0 Å². The van der Waals surface area contributed by atoms with E-state index in [0.717, 1.165) is 16.7 Å². The number of hydrogen-bond acceptors (Lipinski definition) is 6. The molecule has 0 aliphatic rings. The zero-order chi connectivity index (χ0) is 27.8. The largest absolute Gasteiger partial charge is 0.495 e. The average Bonchev–Trinajstić information content (AvgIpc) is 2.96. The van der Waals surface area contributed by atoms with Crippen LogP contribution in [0.3, 0.4) is 0 Å². The normalized spacial score (nSPS) is 11.2. The molecule has 0 radical (unpaired) electrons. The van der Waals surface area contributed by atoms with Crippen LogP contribution in [-0.4, -0.2) is 30.5 Å². The number of rotatable bonds is 10. The number of aryl methyl sites for hydroxylation is 1. The Kier molecular flexibility index (Phi) is 8.53. The lowest BCUT2D eigenvalue weighted by Gasteiger charge is -2.20. The summed E-state index contributed by atoms with van der Waals surface area (Å²) >= 11 is 0. The first-order valence-corrected chi connectivity index (χ1v) is 12.1. The van der Waals surface area contributed by atoms with Gasteiger partial charge < -0.3 is 20.1 Å². The number of ether oxygens (including phenoxy) is 2. The number of anilines is 1. The molecule has 4 rings (SSSR count). The fraction of sp³-hybridized carbons (Fsp3) is 0.133. The Labute approximate surface area is 225 Å². The molecule has 0 aromatic heterocycles. The van der Waals surface area contributed by atoms with E-state index in [4.69, 9.17) is 9.47 Å². The Morgan fingerprint density at radius 2 is 1.54 bits per heavy atom. The van der Waals surface area contributed by atoms with Crippen molar-refractivity contribution in [2.75, 3.05) is 19.0 Å². The van der Waals surface area contributed by atoms with Crippen LogP contribution >= 0.6 is 0 Å². The molecule has 0 heterocycles. The average molecular weight is 526 g/mol. The van der Waals surface area contributed by atoms with Crippen LogP contribution in [0.1, 0.15) is 33.1 Å². The summed E-state index contributed by atoms with van der Waals surface area (Å²) in [6, 6.07) is 27.4. The second-order valence-corrected chi connectivity index (χ2v) is 8.70. The molecule has 39 heavy (non-hydrogen) atoms. The van der Waals surface area contributed by atoms with Gasteiger partial charge >= 0.3 is 0 Å². The van der Waals surface area contributed by atoms with Gasteiger partial charge in [0.25, 0.3) is 17.5 Å². The molecule has 2 amide bonds. The summed E-state index contributed by atoms with van der Waals surface area (Å²) < 4.78 is 11.0. The van der Waals surface area contributed by atoms with Crippen LogP contribution in [-0.2, 0) is 4.79 Å². The minimum absolute atomic E-state index is 0.132. The second-order valence-electron chi connectivity index (χ2n) is 8.70. The molecule has 0 aliphatic heterocycles. The highest BCUT2D eigenvalue weighted by Crippen LogP contribution is 2.30. The number of nitro benzene ring substituents is 1. The summed E-state index contributed by atoms with van der Waals surface area (Å²) in [5, 5.41) is 16.8. The zero-order valence-corrected chi connectivity index (χ0v) is 21.4. The fourth-order valence-corrected chi connectivity index (χ4v) is 3.99. The number of hydrogen-bond donors (Lipinski definition) is 2. The molecule has 0 spiro atoms. The maximum absolute atomic E-state index is 13.1. The number of para-hydroxylation sites is 1. The Bertz CT molecular complexity index is 1470. The van der Waals surface area contributed by atoms with E-state index in [2.05, 4.69) is 10.6 Å². The summed E-state index contributed by atoms with van der Waals surface area (Å²) in [5.74, 6) is -0.512. The van der Waals surface area contributed by atoms with Crippen molar-refractivity contribution in [1.82, 2.24) is 5.32 Å². The minimum Gasteiger partial charge on any atom is -0.495 e. The lowest BCUT2D eigenvalue weighted by atomic mass is 9.98. The number of carbonyl (C=O) groups excluding carboxylic acids is 2. The van der Waals surface area contributed by atoms with Crippen molar-refractivity contribution in [3.63, 3.8) is 0 Å². The Morgan fingerprint density at radius 3 is 2.23 bits per heavy atom. The van der Waals surface area contributed by atoms with Gasteiger partial charge in [0.05, 0.1) is 29.3 Å². The van der Waals surface area contributed by atoms with Gasteiger partial charge in [0.2, 0.25) is 0 Å². The van der Waals surface area contributed by atoms with Gasteiger partial charge in [0.1, 0.15) is 11.5 Å².